The van der Waals surface area contributed by atoms with Crippen molar-refractivity contribution in [1.29, 1.82) is 0 Å². The van der Waals surface area contributed by atoms with Gasteiger partial charge < -0.3 is 48.0 Å². The SMILES string of the molecule is CO[C@H]1C[C@@H]2CC[C@@H](C)[C@@](O)(O2)C(=O)C(=O)N2CCCC[C@H]2C(=O)O[C@H]([C@H](C)C[C@@H]2CCC(O[Si](C)(C)C(C)(C)C)[C@H](OC)C2)C[C@@H](O)[C@H](C)/C=C(\C)[C@@H](OC)[C@@H](OC)C(=O)[C@H](C)C[C@H](C)/C=C/C=C/C=C/1C. The lowest BCUT2D eigenvalue weighted by Gasteiger charge is -2.44. The number of aliphatic hydroxyl groups excluding tert-OH is 1. The molecule has 1 unspecified atom stereocenters. The van der Waals surface area contributed by atoms with Crippen LogP contribution in [0.2, 0.25) is 18.1 Å². The number of cyclic esters (lactones) is 1. The van der Waals surface area contributed by atoms with Gasteiger partial charge in [-0.2, -0.15) is 0 Å². The maximum atomic E-state index is 14.7. The molecule has 3 aliphatic heterocycles. The van der Waals surface area contributed by atoms with Crippen LogP contribution in [0, 0.1) is 35.5 Å². The van der Waals surface area contributed by atoms with E-state index in [0.717, 1.165) is 30.4 Å². The van der Waals surface area contributed by atoms with Gasteiger partial charge in [-0.25, -0.2) is 4.79 Å². The van der Waals surface area contributed by atoms with Crippen LogP contribution < -0.4 is 0 Å². The van der Waals surface area contributed by atoms with Gasteiger partial charge in [0.2, 0.25) is 5.79 Å². The molecular formula is C58H97NO13Si. The van der Waals surface area contributed by atoms with Crippen LogP contribution >= 0.6 is 0 Å². The molecule has 2 bridgehead atoms. The third kappa shape index (κ3) is 16.6. The van der Waals surface area contributed by atoms with Gasteiger partial charge in [-0.05, 0) is 125 Å². The predicted molar refractivity (Wildman–Crippen MR) is 287 cm³/mol. The summed E-state index contributed by atoms with van der Waals surface area (Å²) < 4.78 is 43.4. The number of ether oxygens (including phenoxy) is 6. The molecule has 2 N–H and O–H groups in total. The number of hydrogen-bond acceptors (Lipinski definition) is 13. The summed E-state index contributed by atoms with van der Waals surface area (Å²) in [6.07, 6.45) is 13.8. The first kappa shape index (κ1) is 62.7. The maximum Gasteiger partial charge on any atom is 0.329 e. The molecule has 4 rings (SSSR count). The van der Waals surface area contributed by atoms with Crippen LogP contribution in [0.15, 0.2) is 47.6 Å². The van der Waals surface area contributed by atoms with Crippen LogP contribution in [0.3, 0.4) is 0 Å². The second kappa shape index (κ2) is 28.0. The second-order valence-electron chi connectivity index (χ2n) is 23.9. The van der Waals surface area contributed by atoms with Gasteiger partial charge in [-0.15, -0.1) is 0 Å². The Balaban J connectivity index is 1.72. The fraction of sp³-hybridized carbons (Fsp3) is 0.793. The van der Waals surface area contributed by atoms with E-state index in [9.17, 15) is 29.4 Å². The van der Waals surface area contributed by atoms with E-state index in [4.69, 9.17) is 32.8 Å². The minimum absolute atomic E-state index is 0.0224. The van der Waals surface area contributed by atoms with E-state index in [1.54, 1.807) is 28.3 Å². The van der Waals surface area contributed by atoms with Crippen LogP contribution in [0.1, 0.15) is 146 Å². The van der Waals surface area contributed by atoms with Gasteiger partial charge in [0.25, 0.3) is 11.7 Å². The van der Waals surface area contributed by atoms with Crippen molar-refractivity contribution in [3.63, 3.8) is 0 Å². The van der Waals surface area contributed by atoms with Crippen LogP contribution in [0.5, 0.6) is 0 Å². The lowest BCUT2D eigenvalue weighted by atomic mass is 9.78. The molecule has 1 saturated carbocycles. The Morgan fingerprint density at radius 2 is 1.49 bits per heavy atom. The standard InChI is InChI=1S/C58H97NO13Si/c1-36-22-18-17-19-23-37(2)48(66-11)34-44-27-25-42(7)58(65,71-44)54(62)55(63)59-29-21-20-24-45(59)56(64)70-49(35-46(60)38(3)31-41(6)52(68-13)53(69-14)51(61)40(5)30-36)39(4)32-43-26-28-47(50(33-43)67-12)72-73(15,16)57(8,9)10/h17-19,22-23,31,36,38-40,42-50,52-53,60,65H,20-21,24-30,32-35H2,1-16H3/b19-17+,22-18+,37-23+,41-31+/t36-,38-,39-,40-,42-,43+,44+,45+,46-,47?,48+,49+,50-,52-,53+,58-/m1/s1. The van der Waals surface area contributed by atoms with Gasteiger partial charge in [-0.3, -0.25) is 14.4 Å². The molecule has 3 fully saturated rings. The fourth-order valence-corrected chi connectivity index (χ4v) is 12.6. The maximum absolute atomic E-state index is 14.7. The highest BCUT2D eigenvalue weighted by Crippen LogP contribution is 2.42. The Bertz CT molecular complexity index is 1940. The van der Waals surface area contributed by atoms with E-state index in [2.05, 4.69) is 46.9 Å². The number of Topliss-reactive ketones (excluding diaryl/α,β-unsaturated/α-hetero) is 2. The van der Waals surface area contributed by atoms with Gasteiger partial charge in [0.1, 0.15) is 24.4 Å². The van der Waals surface area contributed by atoms with Gasteiger partial charge >= 0.3 is 5.97 Å². The number of carbonyl (C=O) groups is 4. The average molecular weight is 1040 g/mol. The molecule has 14 nitrogen and oxygen atoms in total. The van der Waals surface area contributed by atoms with Crippen LogP contribution in [0.4, 0.5) is 0 Å². The first-order chi connectivity index (χ1) is 34.2. The molecule has 4 aliphatic rings. The van der Waals surface area contributed by atoms with Crippen LogP contribution in [0.25, 0.3) is 0 Å². The van der Waals surface area contributed by atoms with Crippen molar-refractivity contribution < 1.29 is 62.2 Å². The Morgan fingerprint density at radius 1 is 0.808 bits per heavy atom. The van der Waals surface area contributed by atoms with E-state index in [0.29, 0.717) is 44.9 Å². The average Bonchev–Trinajstić information content (AvgIpc) is 3.34. The quantitative estimate of drug-likeness (QED) is 0.0967. The molecular weight excluding hydrogens is 947 g/mol. The highest BCUT2D eigenvalue weighted by Gasteiger charge is 2.53. The van der Waals surface area contributed by atoms with Crippen molar-refractivity contribution in [2.75, 3.05) is 35.0 Å². The Hall–Kier alpha value is -2.86. The molecule has 73 heavy (non-hydrogen) atoms. The van der Waals surface area contributed by atoms with Gasteiger partial charge in [0, 0.05) is 65.6 Å². The zero-order chi connectivity index (χ0) is 54.6. The minimum Gasteiger partial charge on any atom is -0.460 e. The third-order valence-corrected chi connectivity index (χ3v) is 21.6. The number of ketones is 2. The van der Waals surface area contributed by atoms with Crippen LogP contribution in [-0.2, 0) is 52.0 Å². The van der Waals surface area contributed by atoms with Crippen molar-refractivity contribution in [1.82, 2.24) is 4.90 Å². The summed E-state index contributed by atoms with van der Waals surface area (Å²) in [6, 6.07) is -1.09. The summed E-state index contributed by atoms with van der Waals surface area (Å²) in [7, 11) is 4.33. The minimum atomic E-state index is -2.41. The first-order valence-corrected chi connectivity index (χ1v) is 30.3. The normalized spacial score (nSPS) is 38.8. The van der Waals surface area contributed by atoms with E-state index < -0.39 is 86.3 Å². The molecule has 1 amide bonds. The number of allylic oxidation sites excluding steroid dienone is 5. The largest absolute Gasteiger partial charge is 0.460 e. The van der Waals surface area contributed by atoms with Crippen molar-refractivity contribution in [2.45, 2.75) is 225 Å². The zero-order valence-corrected chi connectivity index (χ0v) is 48.6. The number of carbonyl (C=O) groups excluding carboxylic acids is 4. The molecule has 1 aliphatic carbocycles. The summed E-state index contributed by atoms with van der Waals surface area (Å²) in [6.45, 7) is 24.8. The summed E-state index contributed by atoms with van der Waals surface area (Å²) in [5.41, 5.74) is 1.62. The van der Waals surface area contributed by atoms with Crippen molar-refractivity contribution in [3.05, 3.63) is 47.6 Å². The Kier molecular flexibility index (Phi) is 24.0. The number of nitrogens with zero attached hydrogens (tertiary/aromatic N) is 1. The van der Waals surface area contributed by atoms with E-state index >= 15 is 0 Å². The van der Waals surface area contributed by atoms with Crippen molar-refractivity contribution in [2.24, 2.45) is 35.5 Å². The summed E-state index contributed by atoms with van der Waals surface area (Å²) in [5.74, 6) is -6.65. The molecule has 3 heterocycles. The van der Waals surface area contributed by atoms with Gasteiger partial charge in [0.05, 0.1) is 30.5 Å². The zero-order valence-electron chi connectivity index (χ0n) is 47.6. The number of rotatable bonds is 9. The number of piperidine rings is 1. The highest BCUT2D eigenvalue weighted by molar-refractivity contribution is 6.74. The molecule has 0 aromatic rings. The number of esters is 1. The Labute approximate surface area is 440 Å². The molecule has 16 atom stereocenters. The molecule has 0 aromatic heterocycles. The molecule has 2 saturated heterocycles. The van der Waals surface area contributed by atoms with Gasteiger partial charge in [-0.1, -0.05) is 91.8 Å². The fourth-order valence-electron chi connectivity index (χ4n) is 11.2. The topological polar surface area (TPSA) is 177 Å². The number of methoxy groups -OCH3 is 4. The number of aliphatic hydroxyl groups is 2. The third-order valence-electron chi connectivity index (χ3n) is 17.1. The summed E-state index contributed by atoms with van der Waals surface area (Å²) in [5, 5.41) is 24.2. The lowest BCUT2D eigenvalue weighted by Crippen LogP contribution is -2.61. The summed E-state index contributed by atoms with van der Waals surface area (Å²) in [4.78, 5) is 58.8. The number of hydrogen-bond donors (Lipinski definition) is 2. The van der Waals surface area contributed by atoms with E-state index in [1.807, 2.05) is 65.0 Å². The Morgan fingerprint density at radius 3 is 2.12 bits per heavy atom. The number of fused-ring (bicyclic) bond motifs is 3. The van der Waals surface area contributed by atoms with Crippen molar-refractivity contribution in [3.8, 4) is 0 Å². The predicted octanol–water partition coefficient (Wildman–Crippen LogP) is 9.66. The molecule has 416 valence electrons. The molecule has 0 spiro atoms. The van der Waals surface area contributed by atoms with E-state index in [-0.39, 0.29) is 66.1 Å². The molecule has 15 heteroatoms. The number of amides is 1. The molecule has 0 radical (unpaired) electrons. The smallest absolute Gasteiger partial charge is 0.329 e. The van der Waals surface area contributed by atoms with Crippen molar-refractivity contribution >= 4 is 31.8 Å². The summed E-state index contributed by atoms with van der Waals surface area (Å²) >= 11 is 0. The second-order valence-corrected chi connectivity index (χ2v) is 28.6. The van der Waals surface area contributed by atoms with Crippen LogP contribution in [-0.4, -0.2) is 143 Å². The molecule has 0 aromatic carbocycles. The highest BCUT2D eigenvalue weighted by atomic mass is 28.4. The lowest BCUT2D eigenvalue weighted by molar-refractivity contribution is -0.265. The monoisotopic (exact) mass is 1040 g/mol. The first-order valence-electron chi connectivity index (χ1n) is 27.4. The van der Waals surface area contributed by atoms with E-state index in [1.165, 1.54) is 12.0 Å². The van der Waals surface area contributed by atoms with Gasteiger partial charge in [0.15, 0.2) is 14.1 Å².